The Kier molecular flexibility index (Phi) is 8.06. The van der Waals surface area contributed by atoms with Crippen molar-refractivity contribution in [3.63, 3.8) is 0 Å². The van der Waals surface area contributed by atoms with Gasteiger partial charge in [-0.15, -0.1) is 0 Å². The molecule has 3 unspecified atom stereocenters. The van der Waals surface area contributed by atoms with E-state index in [1.54, 1.807) is 0 Å². The summed E-state index contributed by atoms with van der Waals surface area (Å²) < 4.78 is 0. The van der Waals surface area contributed by atoms with Gasteiger partial charge in [-0.05, 0) is 17.9 Å². The Balaban J connectivity index is 2.81. The van der Waals surface area contributed by atoms with E-state index >= 15 is 0 Å². The molecule has 1 aromatic carbocycles. The largest absolute Gasteiger partial charge is 0.352 e. The first kappa shape index (κ1) is 17.7. The molecule has 3 nitrogen and oxygen atoms in total. The van der Waals surface area contributed by atoms with E-state index < -0.39 is 0 Å². The average molecular weight is 290 g/mol. The molecule has 118 valence electrons. The molecule has 0 spiro atoms. The van der Waals surface area contributed by atoms with Crippen molar-refractivity contribution in [3.8, 4) is 0 Å². The van der Waals surface area contributed by atoms with Crippen LogP contribution in [0.2, 0.25) is 0 Å². The topological polar surface area (TPSA) is 55.1 Å². The molecule has 0 saturated carbocycles. The first-order valence-corrected chi connectivity index (χ1v) is 8.19. The number of amides is 1. The van der Waals surface area contributed by atoms with Crippen LogP contribution < -0.4 is 11.1 Å². The maximum absolute atomic E-state index is 12.7. The molecule has 0 bridgehead atoms. The van der Waals surface area contributed by atoms with E-state index in [4.69, 9.17) is 5.73 Å². The molecule has 0 heterocycles. The standard InChI is InChI=1S/C18H30N2O/c1-4-6-12-16(13-19)20-18(21)17(14(3)5-2)15-10-8-7-9-11-15/h7-11,14,16-17H,4-6,12-13,19H2,1-3H3,(H,20,21). The highest BCUT2D eigenvalue weighted by Crippen LogP contribution is 2.27. The van der Waals surface area contributed by atoms with Crippen molar-refractivity contribution in [1.82, 2.24) is 5.32 Å². The zero-order chi connectivity index (χ0) is 15.7. The van der Waals surface area contributed by atoms with Crippen LogP contribution >= 0.6 is 0 Å². The minimum Gasteiger partial charge on any atom is -0.352 e. The summed E-state index contributed by atoms with van der Waals surface area (Å²) in [4.78, 5) is 12.7. The van der Waals surface area contributed by atoms with Crippen molar-refractivity contribution in [2.24, 2.45) is 11.7 Å². The van der Waals surface area contributed by atoms with Crippen LogP contribution in [0.5, 0.6) is 0 Å². The van der Waals surface area contributed by atoms with Gasteiger partial charge < -0.3 is 11.1 Å². The van der Waals surface area contributed by atoms with Crippen LogP contribution in [0.15, 0.2) is 30.3 Å². The van der Waals surface area contributed by atoms with Gasteiger partial charge in [0.25, 0.3) is 0 Å². The minimum absolute atomic E-state index is 0.0905. The zero-order valence-electron chi connectivity index (χ0n) is 13.6. The minimum atomic E-state index is -0.0909. The summed E-state index contributed by atoms with van der Waals surface area (Å²) in [5.74, 6) is 0.339. The van der Waals surface area contributed by atoms with Crippen LogP contribution in [0.1, 0.15) is 57.9 Å². The number of nitrogens with two attached hydrogens (primary N) is 1. The predicted octanol–water partition coefficient (Wildman–Crippen LogP) is 3.45. The van der Waals surface area contributed by atoms with Gasteiger partial charge in [0.2, 0.25) is 5.91 Å². The summed E-state index contributed by atoms with van der Waals surface area (Å²) in [5, 5.41) is 3.15. The summed E-state index contributed by atoms with van der Waals surface area (Å²) in [6.07, 6.45) is 4.16. The molecule has 1 rings (SSSR count). The van der Waals surface area contributed by atoms with Gasteiger partial charge in [0, 0.05) is 12.6 Å². The molecule has 21 heavy (non-hydrogen) atoms. The Morgan fingerprint density at radius 2 is 1.90 bits per heavy atom. The van der Waals surface area contributed by atoms with E-state index in [1.165, 1.54) is 0 Å². The number of hydrogen-bond donors (Lipinski definition) is 2. The lowest BCUT2D eigenvalue weighted by Gasteiger charge is -2.26. The summed E-state index contributed by atoms with van der Waals surface area (Å²) in [6, 6.07) is 10.1. The van der Waals surface area contributed by atoms with Gasteiger partial charge in [-0.25, -0.2) is 0 Å². The average Bonchev–Trinajstić information content (AvgIpc) is 2.52. The predicted molar refractivity (Wildman–Crippen MR) is 89.1 cm³/mol. The SMILES string of the molecule is CCCCC(CN)NC(=O)C(c1ccccc1)C(C)CC. The van der Waals surface area contributed by atoms with Crippen molar-refractivity contribution in [1.29, 1.82) is 0 Å². The molecule has 0 aliphatic heterocycles. The van der Waals surface area contributed by atoms with Gasteiger partial charge in [-0.3, -0.25) is 4.79 Å². The third kappa shape index (κ3) is 5.50. The van der Waals surface area contributed by atoms with Gasteiger partial charge in [-0.2, -0.15) is 0 Å². The highest BCUT2D eigenvalue weighted by Gasteiger charge is 2.26. The Hall–Kier alpha value is -1.35. The van der Waals surface area contributed by atoms with Crippen molar-refractivity contribution < 1.29 is 4.79 Å². The molecular formula is C18H30N2O. The third-order valence-corrected chi connectivity index (χ3v) is 4.19. The van der Waals surface area contributed by atoms with Crippen LogP contribution in [-0.2, 0) is 4.79 Å². The van der Waals surface area contributed by atoms with E-state index in [2.05, 4.69) is 26.1 Å². The van der Waals surface area contributed by atoms with Gasteiger partial charge in [0.05, 0.1) is 5.92 Å². The Morgan fingerprint density at radius 1 is 1.24 bits per heavy atom. The smallest absolute Gasteiger partial charge is 0.228 e. The molecule has 1 aromatic rings. The second-order valence-electron chi connectivity index (χ2n) is 5.86. The van der Waals surface area contributed by atoms with Crippen molar-refractivity contribution >= 4 is 5.91 Å². The first-order valence-electron chi connectivity index (χ1n) is 8.19. The molecular weight excluding hydrogens is 260 g/mol. The highest BCUT2D eigenvalue weighted by molar-refractivity contribution is 5.84. The molecule has 3 atom stereocenters. The Bertz CT molecular complexity index is 405. The molecule has 0 aliphatic carbocycles. The summed E-state index contributed by atoms with van der Waals surface area (Å²) >= 11 is 0. The van der Waals surface area contributed by atoms with E-state index in [9.17, 15) is 4.79 Å². The van der Waals surface area contributed by atoms with E-state index in [0.29, 0.717) is 12.5 Å². The normalized spacial score (nSPS) is 15.2. The number of rotatable bonds is 9. The van der Waals surface area contributed by atoms with Crippen LogP contribution in [0, 0.1) is 5.92 Å². The fraction of sp³-hybridized carbons (Fsp3) is 0.611. The second-order valence-corrected chi connectivity index (χ2v) is 5.86. The number of nitrogens with one attached hydrogen (secondary N) is 1. The lowest BCUT2D eigenvalue weighted by molar-refractivity contribution is -0.124. The number of carbonyl (C=O) groups is 1. The van der Waals surface area contributed by atoms with Gasteiger partial charge in [0.15, 0.2) is 0 Å². The molecule has 1 amide bonds. The maximum Gasteiger partial charge on any atom is 0.228 e. The number of carbonyl (C=O) groups excluding carboxylic acids is 1. The maximum atomic E-state index is 12.7. The first-order chi connectivity index (χ1) is 10.1. The third-order valence-electron chi connectivity index (χ3n) is 4.19. The van der Waals surface area contributed by atoms with Gasteiger partial charge in [0.1, 0.15) is 0 Å². The molecule has 3 heteroatoms. The van der Waals surface area contributed by atoms with E-state index in [1.807, 2.05) is 30.3 Å². The van der Waals surface area contributed by atoms with Gasteiger partial charge >= 0.3 is 0 Å². The number of hydrogen-bond acceptors (Lipinski definition) is 2. The molecule has 0 fully saturated rings. The summed E-state index contributed by atoms with van der Waals surface area (Å²) in [5.41, 5.74) is 6.89. The summed E-state index contributed by atoms with van der Waals surface area (Å²) in [7, 11) is 0. The van der Waals surface area contributed by atoms with Crippen molar-refractivity contribution in [2.45, 2.75) is 58.4 Å². The lowest BCUT2D eigenvalue weighted by atomic mass is 9.84. The Morgan fingerprint density at radius 3 is 2.43 bits per heavy atom. The van der Waals surface area contributed by atoms with Crippen molar-refractivity contribution in [3.05, 3.63) is 35.9 Å². The van der Waals surface area contributed by atoms with Crippen LogP contribution in [-0.4, -0.2) is 18.5 Å². The molecule has 0 aromatic heterocycles. The molecule has 3 N–H and O–H groups in total. The second kappa shape index (κ2) is 9.56. The van der Waals surface area contributed by atoms with Crippen LogP contribution in [0.4, 0.5) is 0 Å². The van der Waals surface area contributed by atoms with Crippen LogP contribution in [0.3, 0.4) is 0 Å². The zero-order valence-corrected chi connectivity index (χ0v) is 13.6. The fourth-order valence-electron chi connectivity index (χ4n) is 2.62. The van der Waals surface area contributed by atoms with Gasteiger partial charge in [-0.1, -0.05) is 70.4 Å². The van der Waals surface area contributed by atoms with E-state index in [-0.39, 0.29) is 17.9 Å². The van der Waals surface area contributed by atoms with Crippen molar-refractivity contribution in [2.75, 3.05) is 6.54 Å². The lowest BCUT2D eigenvalue weighted by Crippen LogP contribution is -2.43. The van der Waals surface area contributed by atoms with E-state index in [0.717, 1.165) is 31.2 Å². The highest BCUT2D eigenvalue weighted by atomic mass is 16.2. The number of benzene rings is 1. The Labute approximate surface area is 129 Å². The quantitative estimate of drug-likeness (QED) is 0.732. The summed E-state index contributed by atoms with van der Waals surface area (Å²) in [6.45, 7) is 6.93. The molecule has 0 aliphatic rings. The monoisotopic (exact) mass is 290 g/mol. The molecule has 0 saturated heterocycles. The fourth-order valence-corrected chi connectivity index (χ4v) is 2.62. The molecule has 0 radical (unpaired) electrons. The number of unbranched alkanes of at least 4 members (excludes halogenated alkanes) is 1. The van der Waals surface area contributed by atoms with Crippen LogP contribution in [0.25, 0.3) is 0 Å².